The number of pyridine rings is 1. The third kappa shape index (κ3) is 3.08. The second-order valence-electron chi connectivity index (χ2n) is 3.98. The molecule has 0 spiro atoms. The quantitative estimate of drug-likeness (QED) is 0.473. The smallest absolute Gasteiger partial charge is 0.270 e. The highest BCUT2D eigenvalue weighted by atomic mass is 16.1. The summed E-state index contributed by atoms with van der Waals surface area (Å²) >= 11 is 0. The topological polar surface area (TPSA) is 109 Å². The van der Waals surface area contributed by atoms with Crippen molar-refractivity contribution in [1.29, 1.82) is 0 Å². The van der Waals surface area contributed by atoms with Gasteiger partial charge >= 0.3 is 0 Å². The van der Waals surface area contributed by atoms with E-state index in [0.717, 1.165) is 12.2 Å². The average Bonchev–Trinajstić information content (AvgIpc) is 2.98. The molecule has 0 bridgehead atoms. The van der Waals surface area contributed by atoms with Crippen LogP contribution in [0.15, 0.2) is 30.7 Å². The van der Waals surface area contributed by atoms with Crippen LogP contribution in [0, 0.1) is 0 Å². The molecule has 2 aromatic rings. The zero-order chi connectivity index (χ0) is 13.7. The van der Waals surface area contributed by atoms with E-state index in [1.807, 2.05) is 6.92 Å². The van der Waals surface area contributed by atoms with Gasteiger partial charge in [0.2, 0.25) is 0 Å². The summed E-state index contributed by atoms with van der Waals surface area (Å²) in [6, 6.07) is 3.10. The van der Waals surface area contributed by atoms with Gasteiger partial charge in [-0.25, -0.2) is 4.98 Å². The van der Waals surface area contributed by atoms with E-state index in [2.05, 4.69) is 25.7 Å². The van der Waals surface area contributed by atoms with Gasteiger partial charge in [-0.2, -0.15) is 0 Å². The summed E-state index contributed by atoms with van der Waals surface area (Å²) in [5.74, 6) is 5.76. The number of amides is 1. The number of carbonyl (C=O) groups excluding carboxylic acids is 1. The van der Waals surface area contributed by atoms with Crippen LogP contribution in [0.1, 0.15) is 35.7 Å². The lowest BCUT2D eigenvalue weighted by Crippen LogP contribution is -2.29. The van der Waals surface area contributed by atoms with Gasteiger partial charge in [0.25, 0.3) is 5.91 Å². The van der Waals surface area contributed by atoms with Gasteiger partial charge in [0, 0.05) is 18.6 Å². The number of nitrogens with zero attached hydrogens (tertiary/aromatic N) is 2. The Hall–Kier alpha value is -2.41. The van der Waals surface area contributed by atoms with Gasteiger partial charge in [-0.1, -0.05) is 6.92 Å². The maximum absolute atomic E-state index is 12.1. The molecule has 0 saturated carbocycles. The number of rotatable bonds is 5. The monoisotopic (exact) mass is 260 g/mol. The predicted molar refractivity (Wildman–Crippen MR) is 71.1 cm³/mol. The van der Waals surface area contributed by atoms with Crippen LogP contribution in [0.4, 0.5) is 5.69 Å². The molecule has 2 aromatic heterocycles. The van der Waals surface area contributed by atoms with Crippen molar-refractivity contribution >= 4 is 11.6 Å². The minimum atomic E-state index is -0.264. The van der Waals surface area contributed by atoms with Crippen LogP contribution in [-0.4, -0.2) is 20.9 Å². The molecule has 100 valence electrons. The van der Waals surface area contributed by atoms with E-state index < -0.39 is 0 Å². The number of carbonyl (C=O) groups is 1. The van der Waals surface area contributed by atoms with E-state index >= 15 is 0 Å². The SMILES string of the molecule is CCC(NC(=O)c1cc(NN)ccn1)c1ncc[nH]1. The first-order valence-corrected chi connectivity index (χ1v) is 5.97. The Morgan fingerprint density at radius 2 is 2.32 bits per heavy atom. The van der Waals surface area contributed by atoms with E-state index in [0.29, 0.717) is 11.4 Å². The standard InChI is InChI=1S/C12H16N6O/c1-2-9(11-15-5-6-16-11)17-12(19)10-7-8(18-13)3-4-14-10/h3-7,9H,2,13H2,1H3,(H,14,18)(H,15,16)(H,17,19). The van der Waals surface area contributed by atoms with E-state index in [9.17, 15) is 4.79 Å². The summed E-state index contributed by atoms with van der Waals surface area (Å²) < 4.78 is 0. The molecular weight excluding hydrogens is 244 g/mol. The molecule has 1 unspecified atom stereocenters. The lowest BCUT2D eigenvalue weighted by molar-refractivity contribution is 0.0929. The summed E-state index contributed by atoms with van der Waals surface area (Å²) in [5.41, 5.74) is 3.42. The Morgan fingerprint density at radius 1 is 1.47 bits per heavy atom. The first-order valence-electron chi connectivity index (χ1n) is 5.97. The molecule has 0 saturated heterocycles. The number of imidazole rings is 1. The Morgan fingerprint density at radius 3 is 2.95 bits per heavy atom. The van der Waals surface area contributed by atoms with Gasteiger partial charge < -0.3 is 15.7 Å². The summed E-state index contributed by atoms with van der Waals surface area (Å²) in [6.07, 6.45) is 5.63. The summed E-state index contributed by atoms with van der Waals surface area (Å²) in [4.78, 5) is 23.2. The van der Waals surface area contributed by atoms with E-state index in [1.54, 1.807) is 24.5 Å². The lowest BCUT2D eigenvalue weighted by Gasteiger charge is -2.14. The third-order valence-electron chi connectivity index (χ3n) is 2.72. The maximum Gasteiger partial charge on any atom is 0.270 e. The molecule has 19 heavy (non-hydrogen) atoms. The molecular formula is C12H16N6O. The fourth-order valence-electron chi connectivity index (χ4n) is 1.71. The van der Waals surface area contributed by atoms with Crippen LogP contribution in [-0.2, 0) is 0 Å². The zero-order valence-corrected chi connectivity index (χ0v) is 10.6. The number of hydrogen-bond acceptors (Lipinski definition) is 5. The summed E-state index contributed by atoms with van der Waals surface area (Å²) in [7, 11) is 0. The molecule has 0 fully saturated rings. The molecule has 0 aliphatic heterocycles. The number of nitrogens with one attached hydrogen (secondary N) is 3. The van der Waals surface area contributed by atoms with Gasteiger partial charge in [-0.15, -0.1) is 0 Å². The van der Waals surface area contributed by atoms with Crippen molar-refractivity contribution in [3.8, 4) is 0 Å². The highest BCUT2D eigenvalue weighted by Gasteiger charge is 2.16. The Balaban J connectivity index is 2.11. The van der Waals surface area contributed by atoms with Crippen LogP contribution in [0.25, 0.3) is 0 Å². The maximum atomic E-state index is 12.1. The van der Waals surface area contributed by atoms with Crippen molar-refractivity contribution in [2.24, 2.45) is 5.84 Å². The number of hydrazine groups is 1. The fourth-order valence-corrected chi connectivity index (χ4v) is 1.71. The molecule has 7 nitrogen and oxygen atoms in total. The first-order chi connectivity index (χ1) is 9.24. The van der Waals surface area contributed by atoms with Crippen molar-refractivity contribution in [3.63, 3.8) is 0 Å². The molecule has 0 aliphatic carbocycles. The van der Waals surface area contributed by atoms with Crippen molar-refractivity contribution < 1.29 is 4.79 Å². The number of nitrogens with two attached hydrogens (primary N) is 1. The van der Waals surface area contributed by atoms with Crippen LogP contribution in [0.3, 0.4) is 0 Å². The Labute approximate surface area is 110 Å². The number of hydrogen-bond donors (Lipinski definition) is 4. The second-order valence-corrected chi connectivity index (χ2v) is 3.98. The van der Waals surface area contributed by atoms with Crippen LogP contribution in [0.2, 0.25) is 0 Å². The minimum Gasteiger partial charge on any atom is -0.347 e. The molecule has 0 aliphatic rings. The number of aromatic amines is 1. The van der Waals surface area contributed by atoms with Gasteiger partial charge in [-0.3, -0.25) is 15.6 Å². The van der Waals surface area contributed by atoms with Crippen LogP contribution >= 0.6 is 0 Å². The van der Waals surface area contributed by atoms with Crippen molar-refractivity contribution in [2.75, 3.05) is 5.43 Å². The zero-order valence-electron chi connectivity index (χ0n) is 10.6. The molecule has 7 heteroatoms. The number of H-pyrrole nitrogens is 1. The number of nitrogen functional groups attached to an aromatic ring is 1. The van der Waals surface area contributed by atoms with Crippen molar-refractivity contribution in [2.45, 2.75) is 19.4 Å². The highest BCUT2D eigenvalue weighted by molar-refractivity contribution is 5.93. The van der Waals surface area contributed by atoms with Crippen molar-refractivity contribution in [3.05, 3.63) is 42.2 Å². The Bertz CT molecular complexity index is 539. The van der Waals surface area contributed by atoms with Crippen LogP contribution < -0.4 is 16.6 Å². The largest absolute Gasteiger partial charge is 0.347 e. The molecule has 0 radical (unpaired) electrons. The molecule has 1 atom stereocenters. The Kier molecular flexibility index (Phi) is 4.09. The molecule has 1 amide bonds. The summed E-state index contributed by atoms with van der Waals surface area (Å²) in [6.45, 7) is 1.97. The fraction of sp³-hybridized carbons (Fsp3) is 0.250. The van der Waals surface area contributed by atoms with Gasteiger partial charge in [0.15, 0.2) is 0 Å². The second kappa shape index (κ2) is 5.96. The average molecular weight is 260 g/mol. The van der Waals surface area contributed by atoms with E-state index in [1.165, 1.54) is 6.20 Å². The first kappa shape index (κ1) is 13.0. The molecule has 5 N–H and O–H groups in total. The number of anilines is 1. The third-order valence-corrected chi connectivity index (χ3v) is 2.72. The molecule has 2 heterocycles. The number of aromatic nitrogens is 3. The van der Waals surface area contributed by atoms with E-state index in [4.69, 9.17) is 5.84 Å². The van der Waals surface area contributed by atoms with Crippen LogP contribution in [0.5, 0.6) is 0 Å². The van der Waals surface area contributed by atoms with Gasteiger partial charge in [-0.05, 0) is 18.6 Å². The molecule has 2 rings (SSSR count). The predicted octanol–water partition coefficient (Wildman–Crippen LogP) is 0.971. The normalized spacial score (nSPS) is 11.9. The molecule has 0 aromatic carbocycles. The highest BCUT2D eigenvalue weighted by Crippen LogP contribution is 2.13. The van der Waals surface area contributed by atoms with Gasteiger partial charge in [0.1, 0.15) is 11.5 Å². The minimum absolute atomic E-state index is 0.168. The lowest BCUT2D eigenvalue weighted by atomic mass is 10.2. The summed E-state index contributed by atoms with van der Waals surface area (Å²) in [5, 5.41) is 2.87. The van der Waals surface area contributed by atoms with Crippen molar-refractivity contribution in [1.82, 2.24) is 20.3 Å². The van der Waals surface area contributed by atoms with E-state index in [-0.39, 0.29) is 11.9 Å². The van der Waals surface area contributed by atoms with Gasteiger partial charge in [0.05, 0.1) is 11.7 Å².